The maximum atomic E-state index is 11.5. The summed E-state index contributed by atoms with van der Waals surface area (Å²) in [7, 11) is 2.73. The van der Waals surface area contributed by atoms with Crippen molar-refractivity contribution in [2.75, 3.05) is 20.8 Å². The van der Waals surface area contributed by atoms with Crippen LogP contribution in [-0.2, 0) is 27.4 Å². The highest BCUT2D eigenvalue weighted by Gasteiger charge is 2.21. The first kappa shape index (κ1) is 14.1. The second-order valence-electron chi connectivity index (χ2n) is 3.42. The predicted octanol–water partition coefficient (Wildman–Crippen LogP) is -0.653. The number of nitrogens with zero attached hydrogens (tertiary/aromatic N) is 3. The fourth-order valence-electron chi connectivity index (χ4n) is 1.38. The minimum absolute atomic E-state index is 0.0173. The van der Waals surface area contributed by atoms with Crippen LogP contribution in [-0.4, -0.2) is 47.6 Å². The van der Waals surface area contributed by atoms with Gasteiger partial charge in [-0.15, -0.1) is 5.10 Å². The molecule has 1 aromatic rings. The van der Waals surface area contributed by atoms with Gasteiger partial charge >= 0.3 is 5.97 Å². The molecule has 0 saturated heterocycles. The summed E-state index contributed by atoms with van der Waals surface area (Å²) in [5.74, 6) is -0.819. The molecule has 8 nitrogen and oxygen atoms in total. The third kappa shape index (κ3) is 3.27. The zero-order valence-corrected chi connectivity index (χ0v) is 10.6. The van der Waals surface area contributed by atoms with Crippen LogP contribution >= 0.6 is 0 Å². The van der Waals surface area contributed by atoms with Crippen LogP contribution in [0.5, 0.6) is 0 Å². The van der Waals surface area contributed by atoms with Gasteiger partial charge in [-0.25, -0.2) is 9.48 Å². The Kier molecular flexibility index (Phi) is 5.25. The minimum Gasteiger partial charge on any atom is -0.464 e. The Balaban J connectivity index is 2.94. The number of carbonyl (C=O) groups excluding carboxylic acids is 2. The molecule has 0 aliphatic heterocycles. The number of ether oxygens (including phenoxy) is 2. The standard InChI is InChI=1S/C10H16N4O4/c1-4-11-8(15)5-14-7(6-17-2)9(12-13-14)10(16)18-3/h4-6H2,1-3H3,(H,11,15). The second-order valence-corrected chi connectivity index (χ2v) is 3.42. The van der Waals surface area contributed by atoms with Crippen LogP contribution < -0.4 is 5.32 Å². The molecule has 18 heavy (non-hydrogen) atoms. The normalized spacial score (nSPS) is 10.2. The summed E-state index contributed by atoms with van der Waals surface area (Å²) in [6.07, 6.45) is 0. The molecule has 0 bridgehead atoms. The van der Waals surface area contributed by atoms with Gasteiger partial charge in [0, 0.05) is 13.7 Å². The number of rotatable bonds is 6. The number of nitrogens with one attached hydrogen (secondary N) is 1. The van der Waals surface area contributed by atoms with Crippen molar-refractivity contribution in [2.24, 2.45) is 0 Å². The maximum absolute atomic E-state index is 11.5. The molecule has 0 spiro atoms. The van der Waals surface area contributed by atoms with Crippen molar-refractivity contribution in [1.29, 1.82) is 0 Å². The quantitative estimate of drug-likeness (QED) is 0.679. The van der Waals surface area contributed by atoms with Gasteiger partial charge < -0.3 is 14.8 Å². The first-order chi connectivity index (χ1) is 8.63. The summed E-state index contributed by atoms with van der Waals surface area (Å²) >= 11 is 0. The van der Waals surface area contributed by atoms with Crippen LogP contribution in [0.3, 0.4) is 0 Å². The molecule has 1 heterocycles. The zero-order valence-electron chi connectivity index (χ0n) is 10.6. The molecule has 100 valence electrons. The van der Waals surface area contributed by atoms with Gasteiger partial charge in [-0.05, 0) is 6.92 Å². The number of methoxy groups -OCH3 is 2. The summed E-state index contributed by atoms with van der Waals surface area (Å²) in [6.45, 7) is 2.44. The lowest BCUT2D eigenvalue weighted by Crippen LogP contribution is -2.28. The van der Waals surface area contributed by atoms with Crippen molar-refractivity contribution in [1.82, 2.24) is 20.3 Å². The lowest BCUT2D eigenvalue weighted by atomic mass is 10.3. The summed E-state index contributed by atoms with van der Waals surface area (Å²) in [5.41, 5.74) is 0.472. The van der Waals surface area contributed by atoms with Crippen LogP contribution in [0.2, 0.25) is 0 Å². The molecule has 0 atom stereocenters. The molecular weight excluding hydrogens is 240 g/mol. The number of carbonyl (C=O) groups is 2. The number of aromatic nitrogens is 3. The lowest BCUT2D eigenvalue weighted by Gasteiger charge is -2.06. The van der Waals surface area contributed by atoms with Crippen LogP contribution in [0.4, 0.5) is 0 Å². The summed E-state index contributed by atoms with van der Waals surface area (Å²) in [6, 6.07) is 0. The highest BCUT2D eigenvalue weighted by atomic mass is 16.5. The van der Waals surface area contributed by atoms with E-state index in [-0.39, 0.29) is 24.8 Å². The zero-order chi connectivity index (χ0) is 13.5. The van der Waals surface area contributed by atoms with Crippen molar-refractivity contribution in [3.63, 3.8) is 0 Å². The Morgan fingerprint density at radius 2 is 2.11 bits per heavy atom. The summed E-state index contributed by atoms with van der Waals surface area (Å²) < 4.78 is 10.9. The van der Waals surface area contributed by atoms with Crippen LogP contribution in [0.1, 0.15) is 23.1 Å². The Morgan fingerprint density at radius 1 is 1.39 bits per heavy atom. The third-order valence-corrected chi connectivity index (χ3v) is 2.16. The first-order valence-electron chi connectivity index (χ1n) is 5.40. The molecular formula is C10H16N4O4. The Hall–Kier alpha value is -1.96. The second kappa shape index (κ2) is 6.70. The smallest absolute Gasteiger partial charge is 0.360 e. The first-order valence-corrected chi connectivity index (χ1v) is 5.40. The predicted molar refractivity (Wildman–Crippen MR) is 60.8 cm³/mol. The Labute approximate surface area is 104 Å². The SMILES string of the molecule is CCNC(=O)Cn1nnc(C(=O)OC)c1COC. The fourth-order valence-corrected chi connectivity index (χ4v) is 1.38. The number of hydrogen-bond acceptors (Lipinski definition) is 6. The van der Waals surface area contributed by atoms with E-state index >= 15 is 0 Å². The van der Waals surface area contributed by atoms with E-state index in [1.165, 1.54) is 18.9 Å². The third-order valence-electron chi connectivity index (χ3n) is 2.16. The number of amides is 1. The van der Waals surface area contributed by atoms with E-state index in [2.05, 4.69) is 20.4 Å². The number of hydrogen-bond donors (Lipinski definition) is 1. The molecule has 0 unspecified atom stereocenters. The highest BCUT2D eigenvalue weighted by Crippen LogP contribution is 2.08. The van der Waals surface area contributed by atoms with Crippen LogP contribution in [0, 0.1) is 0 Å². The van der Waals surface area contributed by atoms with Gasteiger partial charge in [-0.3, -0.25) is 4.79 Å². The van der Waals surface area contributed by atoms with Crippen LogP contribution in [0.25, 0.3) is 0 Å². The van der Waals surface area contributed by atoms with Gasteiger partial charge in [0.25, 0.3) is 0 Å². The van der Waals surface area contributed by atoms with Gasteiger partial charge in [0.15, 0.2) is 5.69 Å². The monoisotopic (exact) mass is 256 g/mol. The molecule has 1 rings (SSSR count). The molecule has 0 aliphatic rings. The van der Waals surface area contributed by atoms with E-state index in [1.807, 2.05) is 6.92 Å². The van der Waals surface area contributed by atoms with E-state index < -0.39 is 5.97 Å². The number of esters is 1. The molecule has 0 saturated carbocycles. The Morgan fingerprint density at radius 3 is 2.67 bits per heavy atom. The molecule has 8 heteroatoms. The highest BCUT2D eigenvalue weighted by molar-refractivity contribution is 5.88. The van der Waals surface area contributed by atoms with Crippen molar-refractivity contribution >= 4 is 11.9 Å². The molecule has 1 aromatic heterocycles. The van der Waals surface area contributed by atoms with Gasteiger partial charge in [0.1, 0.15) is 6.54 Å². The van der Waals surface area contributed by atoms with E-state index in [0.29, 0.717) is 12.2 Å². The van der Waals surface area contributed by atoms with Crippen molar-refractivity contribution < 1.29 is 19.1 Å². The van der Waals surface area contributed by atoms with E-state index in [1.54, 1.807) is 0 Å². The van der Waals surface area contributed by atoms with E-state index in [0.717, 1.165) is 0 Å². The van der Waals surface area contributed by atoms with Crippen molar-refractivity contribution in [3.8, 4) is 0 Å². The van der Waals surface area contributed by atoms with Gasteiger partial charge in [0.05, 0.1) is 19.4 Å². The lowest BCUT2D eigenvalue weighted by molar-refractivity contribution is -0.121. The van der Waals surface area contributed by atoms with E-state index in [9.17, 15) is 9.59 Å². The molecule has 0 radical (unpaired) electrons. The molecule has 1 amide bonds. The molecule has 0 aliphatic carbocycles. The van der Waals surface area contributed by atoms with Gasteiger partial charge in [0.2, 0.25) is 5.91 Å². The summed E-state index contributed by atoms with van der Waals surface area (Å²) in [4.78, 5) is 22.9. The van der Waals surface area contributed by atoms with E-state index in [4.69, 9.17) is 4.74 Å². The molecule has 0 aromatic carbocycles. The maximum Gasteiger partial charge on any atom is 0.360 e. The summed E-state index contributed by atoms with van der Waals surface area (Å²) in [5, 5.41) is 10.1. The van der Waals surface area contributed by atoms with Crippen molar-refractivity contribution in [3.05, 3.63) is 11.4 Å². The minimum atomic E-state index is -0.607. The van der Waals surface area contributed by atoms with Crippen LogP contribution in [0.15, 0.2) is 0 Å². The van der Waals surface area contributed by atoms with Crippen molar-refractivity contribution in [2.45, 2.75) is 20.1 Å². The van der Waals surface area contributed by atoms with Gasteiger partial charge in [-0.1, -0.05) is 5.21 Å². The Bertz CT molecular complexity index is 430. The average Bonchev–Trinajstić information content (AvgIpc) is 2.72. The fraction of sp³-hybridized carbons (Fsp3) is 0.600. The van der Waals surface area contributed by atoms with Gasteiger partial charge in [-0.2, -0.15) is 0 Å². The molecule has 1 N–H and O–H groups in total. The largest absolute Gasteiger partial charge is 0.464 e. The molecule has 0 fully saturated rings. The average molecular weight is 256 g/mol. The number of likely N-dealkylation sites (N-methyl/N-ethyl adjacent to an activating group) is 1. The topological polar surface area (TPSA) is 95.3 Å².